The highest BCUT2D eigenvalue weighted by Gasteiger charge is 2.42. The third kappa shape index (κ3) is 2.70. The largest absolute Gasteiger partial charge is 0.354 e. The quantitative estimate of drug-likeness (QED) is 0.947. The van der Waals surface area contributed by atoms with Gasteiger partial charge in [-0.3, -0.25) is 4.79 Å². The van der Waals surface area contributed by atoms with E-state index in [2.05, 4.69) is 29.3 Å². The second-order valence-electron chi connectivity index (χ2n) is 5.68. The van der Waals surface area contributed by atoms with Crippen LogP contribution in [0, 0.1) is 0 Å². The van der Waals surface area contributed by atoms with Crippen molar-refractivity contribution in [3.8, 4) is 0 Å². The summed E-state index contributed by atoms with van der Waals surface area (Å²) in [6, 6.07) is 18.1. The second-order valence-corrected chi connectivity index (χ2v) is 5.68. The number of para-hydroxylation sites is 1. The monoisotopic (exact) mass is 310 g/mol. The van der Waals surface area contributed by atoms with Crippen molar-refractivity contribution in [1.82, 2.24) is 5.32 Å². The molecule has 0 aromatic heterocycles. The summed E-state index contributed by atoms with van der Waals surface area (Å²) in [5, 5.41) is 3.00. The van der Waals surface area contributed by atoms with Crippen LogP contribution in [0.1, 0.15) is 24.5 Å². The SMILES string of the molecule is CCN1c2ccccc2CNC(=O)CC1(OC)c1ccccc1. The molecule has 0 saturated carbocycles. The Morgan fingerprint density at radius 2 is 1.83 bits per heavy atom. The Morgan fingerprint density at radius 1 is 1.13 bits per heavy atom. The van der Waals surface area contributed by atoms with Crippen molar-refractivity contribution in [3.05, 3.63) is 65.7 Å². The van der Waals surface area contributed by atoms with Gasteiger partial charge in [-0.2, -0.15) is 0 Å². The molecule has 3 rings (SSSR count). The molecule has 4 heteroatoms. The van der Waals surface area contributed by atoms with E-state index in [0.717, 1.165) is 23.4 Å². The standard InChI is InChI=1S/C19H22N2O2/c1-3-21-17-12-8-7-9-15(17)14-20-18(22)13-19(21,23-2)16-10-5-4-6-11-16/h4-12H,3,13-14H2,1-2H3,(H,20,22). The Kier molecular flexibility index (Phi) is 4.35. The van der Waals surface area contributed by atoms with E-state index in [9.17, 15) is 4.79 Å². The van der Waals surface area contributed by atoms with Crippen LogP contribution >= 0.6 is 0 Å². The van der Waals surface area contributed by atoms with Crippen LogP contribution in [-0.2, 0) is 21.8 Å². The zero-order valence-corrected chi connectivity index (χ0v) is 13.6. The molecule has 2 aromatic rings. The van der Waals surface area contributed by atoms with E-state index in [0.29, 0.717) is 6.54 Å². The van der Waals surface area contributed by atoms with Gasteiger partial charge in [-0.15, -0.1) is 0 Å². The van der Waals surface area contributed by atoms with Crippen molar-refractivity contribution in [1.29, 1.82) is 0 Å². The van der Waals surface area contributed by atoms with Crippen LogP contribution in [0.3, 0.4) is 0 Å². The molecule has 1 aliphatic rings. The van der Waals surface area contributed by atoms with E-state index in [4.69, 9.17) is 4.74 Å². The first kappa shape index (κ1) is 15.6. The van der Waals surface area contributed by atoms with Crippen LogP contribution in [-0.4, -0.2) is 19.6 Å². The van der Waals surface area contributed by atoms with Gasteiger partial charge in [-0.05, 0) is 18.6 Å². The summed E-state index contributed by atoms with van der Waals surface area (Å²) in [4.78, 5) is 14.6. The highest BCUT2D eigenvalue weighted by molar-refractivity contribution is 5.79. The van der Waals surface area contributed by atoms with Gasteiger partial charge in [0, 0.05) is 31.5 Å². The predicted molar refractivity (Wildman–Crippen MR) is 91.1 cm³/mol. The van der Waals surface area contributed by atoms with Gasteiger partial charge in [0.1, 0.15) is 0 Å². The minimum Gasteiger partial charge on any atom is -0.354 e. The van der Waals surface area contributed by atoms with Crippen molar-refractivity contribution < 1.29 is 9.53 Å². The number of rotatable bonds is 3. The molecule has 1 aliphatic heterocycles. The third-order valence-corrected chi connectivity index (χ3v) is 4.47. The van der Waals surface area contributed by atoms with E-state index < -0.39 is 5.72 Å². The molecule has 1 N–H and O–H groups in total. The number of carbonyl (C=O) groups excluding carboxylic acids is 1. The van der Waals surface area contributed by atoms with Crippen molar-refractivity contribution in [2.45, 2.75) is 25.6 Å². The summed E-state index contributed by atoms with van der Waals surface area (Å²) in [7, 11) is 1.67. The summed E-state index contributed by atoms with van der Waals surface area (Å²) >= 11 is 0. The van der Waals surface area contributed by atoms with E-state index in [-0.39, 0.29) is 12.3 Å². The molecule has 4 nitrogen and oxygen atoms in total. The molecule has 1 atom stereocenters. The fraction of sp³-hybridized carbons (Fsp3) is 0.316. The second kappa shape index (κ2) is 6.42. The Labute approximate surface area is 137 Å². The number of carbonyl (C=O) groups is 1. The van der Waals surface area contributed by atoms with Crippen LogP contribution in [0.2, 0.25) is 0 Å². The molecule has 0 saturated heterocycles. The number of ether oxygens (including phenoxy) is 1. The summed E-state index contributed by atoms with van der Waals surface area (Å²) in [6.07, 6.45) is 0.260. The molecular weight excluding hydrogens is 288 g/mol. The molecule has 23 heavy (non-hydrogen) atoms. The third-order valence-electron chi connectivity index (χ3n) is 4.47. The van der Waals surface area contributed by atoms with Gasteiger partial charge in [-0.25, -0.2) is 0 Å². The Hall–Kier alpha value is -2.33. The number of anilines is 1. The predicted octanol–water partition coefficient (Wildman–Crippen LogP) is 3.03. The molecule has 1 amide bonds. The van der Waals surface area contributed by atoms with E-state index in [1.54, 1.807) is 7.11 Å². The van der Waals surface area contributed by atoms with Crippen LogP contribution < -0.4 is 10.2 Å². The molecule has 1 unspecified atom stereocenters. The molecule has 1 heterocycles. The average Bonchev–Trinajstić information content (AvgIpc) is 2.60. The number of hydrogen-bond donors (Lipinski definition) is 1. The molecule has 0 bridgehead atoms. The van der Waals surface area contributed by atoms with Gasteiger partial charge in [-0.1, -0.05) is 48.5 Å². The maximum absolute atomic E-state index is 12.4. The number of benzene rings is 2. The Bertz CT molecular complexity index is 687. The number of hydrogen-bond acceptors (Lipinski definition) is 3. The number of nitrogens with one attached hydrogen (secondary N) is 1. The topological polar surface area (TPSA) is 41.6 Å². The van der Waals surface area contributed by atoms with Crippen LogP contribution in [0.25, 0.3) is 0 Å². The zero-order valence-electron chi connectivity index (χ0n) is 13.6. The summed E-state index contributed by atoms with van der Waals surface area (Å²) in [5.74, 6) is -0.0105. The first-order chi connectivity index (χ1) is 11.2. The lowest BCUT2D eigenvalue weighted by Gasteiger charge is -2.45. The first-order valence-corrected chi connectivity index (χ1v) is 7.94. The first-order valence-electron chi connectivity index (χ1n) is 7.94. The van der Waals surface area contributed by atoms with Gasteiger partial charge in [0.25, 0.3) is 0 Å². The number of methoxy groups -OCH3 is 1. The van der Waals surface area contributed by atoms with Crippen molar-refractivity contribution in [2.24, 2.45) is 0 Å². The Morgan fingerprint density at radius 3 is 2.52 bits per heavy atom. The lowest BCUT2D eigenvalue weighted by Crippen LogP contribution is -2.52. The van der Waals surface area contributed by atoms with Crippen molar-refractivity contribution >= 4 is 11.6 Å². The Balaban J connectivity index is 2.22. The zero-order chi connectivity index (χ0) is 16.3. The smallest absolute Gasteiger partial charge is 0.225 e. The number of nitrogens with zero attached hydrogens (tertiary/aromatic N) is 1. The minimum absolute atomic E-state index is 0.0105. The highest BCUT2D eigenvalue weighted by Crippen LogP contribution is 2.39. The maximum Gasteiger partial charge on any atom is 0.225 e. The van der Waals surface area contributed by atoms with Crippen molar-refractivity contribution in [3.63, 3.8) is 0 Å². The van der Waals surface area contributed by atoms with Crippen LogP contribution in [0.4, 0.5) is 5.69 Å². The van der Waals surface area contributed by atoms with Gasteiger partial charge in [0.05, 0.1) is 6.42 Å². The lowest BCUT2D eigenvalue weighted by molar-refractivity contribution is -0.129. The number of fused-ring (bicyclic) bond motifs is 1. The maximum atomic E-state index is 12.4. The molecule has 0 aliphatic carbocycles. The van der Waals surface area contributed by atoms with Crippen LogP contribution in [0.15, 0.2) is 54.6 Å². The fourth-order valence-corrected chi connectivity index (χ4v) is 3.37. The van der Waals surface area contributed by atoms with Crippen molar-refractivity contribution in [2.75, 3.05) is 18.6 Å². The van der Waals surface area contributed by atoms with E-state index >= 15 is 0 Å². The summed E-state index contributed by atoms with van der Waals surface area (Å²) in [5.41, 5.74) is 2.37. The molecule has 120 valence electrons. The average molecular weight is 310 g/mol. The van der Waals surface area contributed by atoms with E-state index in [1.165, 1.54) is 0 Å². The van der Waals surface area contributed by atoms with Gasteiger partial charge >= 0.3 is 0 Å². The summed E-state index contributed by atoms with van der Waals surface area (Å²) in [6.45, 7) is 3.38. The molecule has 0 fully saturated rings. The van der Waals surface area contributed by atoms with Gasteiger partial charge < -0.3 is 15.0 Å². The minimum atomic E-state index is -0.809. The van der Waals surface area contributed by atoms with Gasteiger partial charge in [0.2, 0.25) is 5.91 Å². The normalized spacial score (nSPS) is 21.1. The van der Waals surface area contributed by atoms with Gasteiger partial charge in [0.15, 0.2) is 5.72 Å². The molecule has 0 spiro atoms. The fourth-order valence-electron chi connectivity index (χ4n) is 3.37. The summed E-state index contributed by atoms with van der Waals surface area (Å²) < 4.78 is 6.00. The highest BCUT2D eigenvalue weighted by atomic mass is 16.5. The lowest BCUT2D eigenvalue weighted by atomic mass is 9.93. The van der Waals surface area contributed by atoms with E-state index in [1.807, 2.05) is 42.5 Å². The molecule has 0 radical (unpaired) electrons. The number of amides is 1. The molecular formula is C19H22N2O2. The molecule has 2 aromatic carbocycles. The van der Waals surface area contributed by atoms with Crippen LogP contribution in [0.5, 0.6) is 0 Å².